The molecule has 0 aromatic heterocycles. The molecule has 1 heterocycles. The number of alkyl halides is 3. The van der Waals surface area contributed by atoms with Crippen molar-refractivity contribution in [3.05, 3.63) is 33.8 Å². The summed E-state index contributed by atoms with van der Waals surface area (Å²) < 4.78 is 39.6. The molecule has 1 aliphatic rings. The van der Waals surface area contributed by atoms with Gasteiger partial charge in [0, 0.05) is 17.6 Å². The molecule has 0 bridgehead atoms. The Morgan fingerprint density at radius 1 is 1.33 bits per heavy atom. The molecule has 0 radical (unpaired) electrons. The van der Waals surface area contributed by atoms with Crippen LogP contribution in [0.3, 0.4) is 0 Å². The molecule has 0 spiro atoms. The first-order valence-electron chi connectivity index (χ1n) is 6.65. The van der Waals surface area contributed by atoms with Gasteiger partial charge in [0.1, 0.15) is 0 Å². The van der Waals surface area contributed by atoms with Gasteiger partial charge in [0.05, 0.1) is 11.1 Å². The normalized spacial score (nSPS) is 16.8. The van der Waals surface area contributed by atoms with Gasteiger partial charge in [-0.3, -0.25) is 4.79 Å². The van der Waals surface area contributed by atoms with Crippen LogP contribution in [-0.2, 0) is 6.18 Å². The van der Waals surface area contributed by atoms with Crippen molar-refractivity contribution >= 4 is 21.8 Å². The Bertz CT molecular complexity index is 527. The third-order valence-electron chi connectivity index (χ3n) is 3.69. The van der Waals surface area contributed by atoms with E-state index < -0.39 is 17.6 Å². The Hall–Kier alpha value is -1.08. The van der Waals surface area contributed by atoms with Gasteiger partial charge in [0.2, 0.25) is 0 Å². The van der Waals surface area contributed by atoms with E-state index in [-0.39, 0.29) is 11.6 Å². The molecule has 1 aromatic carbocycles. The number of rotatable bonds is 2. The lowest BCUT2D eigenvalue weighted by molar-refractivity contribution is -0.138. The summed E-state index contributed by atoms with van der Waals surface area (Å²) in [5.41, 5.74) is -1.20. The van der Waals surface area contributed by atoms with Crippen molar-refractivity contribution in [1.82, 2.24) is 10.2 Å². The molecule has 1 saturated heterocycles. The molecule has 1 N–H and O–H groups in total. The maximum atomic E-state index is 13.1. The van der Waals surface area contributed by atoms with Gasteiger partial charge < -0.3 is 10.2 Å². The monoisotopic (exact) mass is 364 g/mol. The van der Waals surface area contributed by atoms with Crippen molar-refractivity contribution < 1.29 is 18.0 Å². The number of hydrogen-bond donors (Lipinski definition) is 1. The fraction of sp³-hybridized carbons (Fsp3) is 0.500. The molecule has 0 saturated carbocycles. The van der Waals surface area contributed by atoms with Crippen molar-refractivity contribution in [2.24, 2.45) is 0 Å². The van der Waals surface area contributed by atoms with Crippen LogP contribution in [0.15, 0.2) is 22.7 Å². The average Bonchev–Trinajstić information content (AvgIpc) is 2.45. The van der Waals surface area contributed by atoms with Crippen LogP contribution in [0.4, 0.5) is 13.2 Å². The molecule has 0 atom stereocenters. The molecule has 0 aliphatic carbocycles. The van der Waals surface area contributed by atoms with E-state index in [1.54, 1.807) is 7.05 Å². The topological polar surface area (TPSA) is 32.3 Å². The zero-order valence-electron chi connectivity index (χ0n) is 11.5. The number of hydrogen-bond acceptors (Lipinski definition) is 2. The van der Waals surface area contributed by atoms with Gasteiger partial charge >= 0.3 is 6.18 Å². The quantitative estimate of drug-likeness (QED) is 0.873. The van der Waals surface area contributed by atoms with Crippen molar-refractivity contribution in [2.75, 3.05) is 20.1 Å². The lowest BCUT2D eigenvalue weighted by Crippen LogP contribution is -2.44. The average molecular weight is 365 g/mol. The predicted molar refractivity (Wildman–Crippen MR) is 77.1 cm³/mol. The lowest BCUT2D eigenvalue weighted by Gasteiger charge is -2.32. The van der Waals surface area contributed by atoms with Crippen LogP contribution in [-0.4, -0.2) is 37.0 Å². The number of piperidine rings is 1. The maximum absolute atomic E-state index is 13.1. The van der Waals surface area contributed by atoms with Crippen LogP contribution in [0, 0.1) is 0 Å². The van der Waals surface area contributed by atoms with Gasteiger partial charge in [-0.15, -0.1) is 0 Å². The summed E-state index contributed by atoms with van der Waals surface area (Å²) in [7, 11) is 1.57. The van der Waals surface area contributed by atoms with Crippen LogP contribution < -0.4 is 5.32 Å². The van der Waals surface area contributed by atoms with Crippen molar-refractivity contribution in [3.63, 3.8) is 0 Å². The van der Waals surface area contributed by atoms with Gasteiger partial charge in [-0.1, -0.05) is 15.9 Å². The summed E-state index contributed by atoms with van der Waals surface area (Å²) >= 11 is 3.02. The highest BCUT2D eigenvalue weighted by Crippen LogP contribution is 2.34. The molecule has 3 nitrogen and oxygen atoms in total. The minimum absolute atomic E-state index is 0.0246. The van der Waals surface area contributed by atoms with E-state index in [0.29, 0.717) is 4.47 Å². The Kier molecular flexibility index (Phi) is 4.93. The standard InChI is InChI=1S/C14H16BrF3N2O/c1-20(10-4-6-19-7-5-10)13(21)11-3-2-9(15)8-12(11)14(16,17)18/h2-3,8,10,19H,4-7H2,1H3. The molecule has 2 rings (SSSR count). The molecule has 7 heteroatoms. The fourth-order valence-electron chi connectivity index (χ4n) is 2.49. The number of halogens is 4. The second-order valence-electron chi connectivity index (χ2n) is 5.08. The van der Waals surface area contributed by atoms with E-state index in [9.17, 15) is 18.0 Å². The second kappa shape index (κ2) is 6.36. The number of nitrogens with one attached hydrogen (secondary N) is 1. The van der Waals surface area contributed by atoms with Crippen molar-refractivity contribution in [2.45, 2.75) is 25.1 Å². The Morgan fingerprint density at radius 2 is 1.95 bits per heavy atom. The summed E-state index contributed by atoms with van der Waals surface area (Å²) in [4.78, 5) is 13.8. The summed E-state index contributed by atoms with van der Waals surface area (Å²) in [6.45, 7) is 1.55. The van der Waals surface area contributed by atoms with Crippen LogP contribution in [0.1, 0.15) is 28.8 Å². The summed E-state index contributed by atoms with van der Waals surface area (Å²) in [6, 6.07) is 3.61. The molecule has 1 amide bonds. The first-order chi connectivity index (χ1) is 9.80. The first-order valence-corrected chi connectivity index (χ1v) is 7.44. The molecular weight excluding hydrogens is 349 g/mol. The first kappa shape index (κ1) is 16.3. The highest BCUT2D eigenvalue weighted by molar-refractivity contribution is 9.10. The number of carbonyl (C=O) groups excluding carboxylic acids is 1. The van der Waals surface area contributed by atoms with Crippen molar-refractivity contribution in [3.8, 4) is 0 Å². The third kappa shape index (κ3) is 3.77. The van der Waals surface area contributed by atoms with Crippen LogP contribution in [0.2, 0.25) is 0 Å². The van der Waals surface area contributed by atoms with E-state index in [1.165, 1.54) is 17.0 Å². The molecular formula is C14H16BrF3N2O. The van der Waals surface area contributed by atoms with E-state index >= 15 is 0 Å². The number of benzene rings is 1. The van der Waals surface area contributed by atoms with Gasteiger partial charge in [-0.25, -0.2) is 0 Å². The second-order valence-corrected chi connectivity index (χ2v) is 6.00. The third-order valence-corrected chi connectivity index (χ3v) is 4.19. The SMILES string of the molecule is CN(C(=O)c1ccc(Br)cc1C(F)(F)F)C1CCNCC1. The Balaban J connectivity index is 2.30. The summed E-state index contributed by atoms with van der Waals surface area (Å²) in [6.07, 6.45) is -3.05. The smallest absolute Gasteiger partial charge is 0.339 e. The van der Waals surface area contributed by atoms with E-state index in [0.717, 1.165) is 32.0 Å². The van der Waals surface area contributed by atoms with Gasteiger partial charge in [-0.05, 0) is 44.1 Å². The van der Waals surface area contributed by atoms with Crippen LogP contribution in [0.25, 0.3) is 0 Å². The molecule has 21 heavy (non-hydrogen) atoms. The van der Waals surface area contributed by atoms with Crippen LogP contribution >= 0.6 is 15.9 Å². The lowest BCUT2D eigenvalue weighted by atomic mass is 10.0. The van der Waals surface area contributed by atoms with Crippen molar-refractivity contribution in [1.29, 1.82) is 0 Å². The highest BCUT2D eigenvalue weighted by Gasteiger charge is 2.36. The Labute approximate surface area is 129 Å². The van der Waals surface area contributed by atoms with Gasteiger partial charge in [0.25, 0.3) is 5.91 Å². The zero-order chi connectivity index (χ0) is 15.6. The number of nitrogens with zero attached hydrogens (tertiary/aromatic N) is 1. The van der Waals surface area contributed by atoms with Gasteiger partial charge in [-0.2, -0.15) is 13.2 Å². The predicted octanol–water partition coefficient (Wildman–Crippen LogP) is 3.29. The van der Waals surface area contributed by atoms with Crippen LogP contribution in [0.5, 0.6) is 0 Å². The largest absolute Gasteiger partial charge is 0.417 e. The molecule has 1 fully saturated rings. The molecule has 1 aliphatic heterocycles. The highest BCUT2D eigenvalue weighted by atomic mass is 79.9. The van der Waals surface area contributed by atoms with E-state index in [1.807, 2.05) is 0 Å². The molecule has 116 valence electrons. The number of amides is 1. The van der Waals surface area contributed by atoms with E-state index in [2.05, 4.69) is 21.2 Å². The number of carbonyl (C=O) groups is 1. The summed E-state index contributed by atoms with van der Waals surface area (Å²) in [5, 5.41) is 3.17. The summed E-state index contributed by atoms with van der Waals surface area (Å²) in [5.74, 6) is -0.582. The fourth-order valence-corrected chi connectivity index (χ4v) is 2.85. The zero-order valence-corrected chi connectivity index (χ0v) is 13.1. The molecule has 1 aromatic rings. The Morgan fingerprint density at radius 3 is 2.52 bits per heavy atom. The minimum atomic E-state index is -4.55. The van der Waals surface area contributed by atoms with E-state index in [4.69, 9.17) is 0 Å². The maximum Gasteiger partial charge on any atom is 0.417 e. The molecule has 0 unspecified atom stereocenters. The van der Waals surface area contributed by atoms with Gasteiger partial charge in [0.15, 0.2) is 0 Å². The minimum Gasteiger partial charge on any atom is -0.339 e.